The lowest BCUT2D eigenvalue weighted by Gasteiger charge is -2.33. The monoisotopic (exact) mass is 284 g/mol. The number of hydrogen-bond acceptors (Lipinski definition) is 3. The first-order valence-corrected chi connectivity index (χ1v) is 6.48. The third-order valence-electron chi connectivity index (χ3n) is 3.14. The minimum atomic E-state index is 0.278. The van der Waals surface area contributed by atoms with Crippen molar-refractivity contribution in [1.82, 2.24) is 4.98 Å². The van der Waals surface area contributed by atoms with Crippen molar-refractivity contribution in [2.45, 2.75) is 19.8 Å². The van der Waals surface area contributed by atoms with Gasteiger partial charge in [0.15, 0.2) is 0 Å². The largest absolute Gasteiger partial charge is 0.396 e. The van der Waals surface area contributed by atoms with Crippen molar-refractivity contribution in [1.29, 1.82) is 0 Å². The molecule has 1 aromatic heterocycles. The van der Waals surface area contributed by atoms with Crippen LogP contribution in [0.2, 0.25) is 0 Å². The van der Waals surface area contributed by atoms with Gasteiger partial charge in [-0.1, -0.05) is 0 Å². The molecule has 2 rings (SSSR count). The number of piperidine rings is 1. The van der Waals surface area contributed by atoms with E-state index in [1.807, 2.05) is 12.3 Å². The molecular weight excluding hydrogens is 268 g/mol. The Morgan fingerprint density at radius 2 is 2.44 bits per heavy atom. The zero-order chi connectivity index (χ0) is 11.5. The van der Waals surface area contributed by atoms with E-state index >= 15 is 0 Å². The highest BCUT2D eigenvalue weighted by Crippen LogP contribution is 2.29. The zero-order valence-electron chi connectivity index (χ0n) is 9.49. The Labute approximate surface area is 105 Å². The number of hydrogen-bond donors (Lipinski definition) is 1. The Morgan fingerprint density at radius 3 is 3.19 bits per heavy atom. The average molecular weight is 285 g/mol. The van der Waals surface area contributed by atoms with E-state index in [-0.39, 0.29) is 6.61 Å². The number of aromatic nitrogens is 1. The molecule has 1 fully saturated rings. The fourth-order valence-electron chi connectivity index (χ4n) is 2.15. The Kier molecular flexibility index (Phi) is 3.82. The molecule has 88 valence electrons. The van der Waals surface area contributed by atoms with Crippen molar-refractivity contribution in [3.05, 3.63) is 22.3 Å². The molecule has 4 heteroatoms. The SMILES string of the molecule is Cc1ccnc(N2CCCC(CO)C2)c1Br. The minimum Gasteiger partial charge on any atom is -0.396 e. The molecule has 1 saturated heterocycles. The number of rotatable bonds is 2. The van der Waals surface area contributed by atoms with Crippen LogP contribution in [0.4, 0.5) is 5.82 Å². The molecule has 1 atom stereocenters. The van der Waals surface area contributed by atoms with Gasteiger partial charge in [-0.2, -0.15) is 0 Å². The van der Waals surface area contributed by atoms with Gasteiger partial charge in [-0.3, -0.25) is 0 Å². The van der Waals surface area contributed by atoms with E-state index in [1.54, 1.807) is 0 Å². The van der Waals surface area contributed by atoms with Crippen molar-refractivity contribution < 1.29 is 5.11 Å². The van der Waals surface area contributed by atoms with E-state index < -0.39 is 0 Å². The Morgan fingerprint density at radius 1 is 1.62 bits per heavy atom. The fourth-order valence-corrected chi connectivity index (χ4v) is 2.64. The van der Waals surface area contributed by atoms with E-state index in [9.17, 15) is 5.11 Å². The molecule has 0 aliphatic carbocycles. The summed E-state index contributed by atoms with van der Waals surface area (Å²) in [5, 5.41) is 9.22. The van der Waals surface area contributed by atoms with Gasteiger partial charge in [-0.05, 0) is 53.2 Å². The number of aliphatic hydroxyl groups excluding tert-OH is 1. The van der Waals surface area contributed by atoms with Crippen LogP contribution in [0.3, 0.4) is 0 Å². The van der Waals surface area contributed by atoms with Crippen molar-refractivity contribution in [3.63, 3.8) is 0 Å². The first kappa shape index (κ1) is 11.9. The average Bonchev–Trinajstić information content (AvgIpc) is 2.33. The Hall–Kier alpha value is -0.610. The third-order valence-corrected chi connectivity index (χ3v) is 4.12. The topological polar surface area (TPSA) is 36.4 Å². The van der Waals surface area contributed by atoms with Gasteiger partial charge in [0, 0.05) is 25.9 Å². The van der Waals surface area contributed by atoms with Gasteiger partial charge in [0.2, 0.25) is 0 Å². The van der Waals surface area contributed by atoms with Crippen LogP contribution in [-0.4, -0.2) is 29.8 Å². The molecule has 1 aliphatic rings. The maximum Gasteiger partial charge on any atom is 0.143 e. The van der Waals surface area contributed by atoms with E-state index in [1.165, 1.54) is 5.56 Å². The second-order valence-corrected chi connectivity index (χ2v) is 5.20. The van der Waals surface area contributed by atoms with E-state index in [0.717, 1.165) is 36.2 Å². The summed E-state index contributed by atoms with van der Waals surface area (Å²) >= 11 is 3.59. The Bertz CT molecular complexity index is 370. The molecule has 0 bridgehead atoms. The molecule has 1 aliphatic heterocycles. The van der Waals surface area contributed by atoms with Crippen LogP contribution in [0.25, 0.3) is 0 Å². The summed E-state index contributed by atoms with van der Waals surface area (Å²) < 4.78 is 1.08. The van der Waals surface area contributed by atoms with Crippen molar-refractivity contribution in [2.24, 2.45) is 5.92 Å². The number of halogens is 1. The maximum absolute atomic E-state index is 9.22. The van der Waals surface area contributed by atoms with Crippen molar-refractivity contribution >= 4 is 21.7 Å². The lowest BCUT2D eigenvalue weighted by molar-refractivity contribution is 0.208. The van der Waals surface area contributed by atoms with Gasteiger partial charge in [-0.25, -0.2) is 4.98 Å². The van der Waals surface area contributed by atoms with Crippen LogP contribution >= 0.6 is 15.9 Å². The van der Waals surface area contributed by atoms with Crippen LogP contribution in [0, 0.1) is 12.8 Å². The van der Waals surface area contributed by atoms with E-state index in [0.29, 0.717) is 5.92 Å². The summed E-state index contributed by atoms with van der Waals surface area (Å²) in [5.41, 5.74) is 1.20. The highest BCUT2D eigenvalue weighted by molar-refractivity contribution is 9.10. The second-order valence-electron chi connectivity index (χ2n) is 4.40. The van der Waals surface area contributed by atoms with E-state index in [4.69, 9.17) is 0 Å². The number of anilines is 1. The summed E-state index contributed by atoms with van der Waals surface area (Å²) in [4.78, 5) is 6.69. The molecule has 2 heterocycles. The van der Waals surface area contributed by atoms with Gasteiger partial charge < -0.3 is 10.0 Å². The summed E-state index contributed by atoms with van der Waals surface area (Å²) in [6.07, 6.45) is 4.10. The lowest BCUT2D eigenvalue weighted by atomic mass is 9.99. The molecule has 0 amide bonds. The Balaban J connectivity index is 2.20. The standard InChI is InChI=1S/C12H17BrN2O/c1-9-4-5-14-12(11(9)13)15-6-2-3-10(7-15)8-16/h4-5,10,16H,2-3,6-8H2,1H3. The predicted molar refractivity (Wildman–Crippen MR) is 68.7 cm³/mol. The third kappa shape index (κ3) is 2.38. The van der Waals surface area contributed by atoms with Gasteiger partial charge in [-0.15, -0.1) is 0 Å². The predicted octanol–water partition coefficient (Wildman–Crippen LogP) is 2.36. The van der Waals surface area contributed by atoms with E-state index in [2.05, 4.69) is 32.7 Å². The van der Waals surface area contributed by atoms with Crippen LogP contribution in [0.15, 0.2) is 16.7 Å². The number of aryl methyl sites for hydroxylation is 1. The quantitative estimate of drug-likeness (QED) is 0.906. The van der Waals surface area contributed by atoms with Gasteiger partial charge in [0.1, 0.15) is 5.82 Å². The first-order valence-electron chi connectivity index (χ1n) is 5.69. The molecule has 3 nitrogen and oxygen atoms in total. The second kappa shape index (κ2) is 5.15. The van der Waals surface area contributed by atoms with Crippen LogP contribution in [0.5, 0.6) is 0 Å². The molecule has 0 spiro atoms. The molecule has 1 N–H and O–H groups in total. The molecule has 0 aromatic carbocycles. The molecule has 1 unspecified atom stereocenters. The summed E-state index contributed by atoms with van der Waals surface area (Å²) in [6.45, 7) is 4.29. The fraction of sp³-hybridized carbons (Fsp3) is 0.583. The molecule has 1 aromatic rings. The van der Waals surface area contributed by atoms with Gasteiger partial charge in [0.05, 0.1) is 4.47 Å². The molecule has 0 radical (unpaired) electrons. The van der Waals surface area contributed by atoms with Gasteiger partial charge >= 0.3 is 0 Å². The molecule has 0 saturated carbocycles. The highest BCUT2D eigenvalue weighted by atomic mass is 79.9. The van der Waals surface area contributed by atoms with Crippen LogP contribution < -0.4 is 4.90 Å². The molecular formula is C12H17BrN2O. The number of pyridine rings is 1. The van der Waals surface area contributed by atoms with Crippen molar-refractivity contribution in [3.8, 4) is 0 Å². The maximum atomic E-state index is 9.22. The van der Waals surface area contributed by atoms with Gasteiger partial charge in [0.25, 0.3) is 0 Å². The van der Waals surface area contributed by atoms with Crippen LogP contribution in [0.1, 0.15) is 18.4 Å². The summed E-state index contributed by atoms with van der Waals surface area (Å²) in [5.74, 6) is 1.40. The van der Waals surface area contributed by atoms with Crippen LogP contribution in [-0.2, 0) is 0 Å². The number of nitrogens with zero attached hydrogens (tertiary/aromatic N) is 2. The summed E-state index contributed by atoms with van der Waals surface area (Å²) in [7, 11) is 0. The first-order chi connectivity index (χ1) is 7.72. The smallest absolute Gasteiger partial charge is 0.143 e. The zero-order valence-corrected chi connectivity index (χ0v) is 11.1. The minimum absolute atomic E-state index is 0.278. The van der Waals surface area contributed by atoms with Crippen molar-refractivity contribution in [2.75, 3.05) is 24.6 Å². The normalized spacial score (nSPS) is 21.2. The molecule has 16 heavy (non-hydrogen) atoms. The lowest BCUT2D eigenvalue weighted by Crippen LogP contribution is -2.37. The number of aliphatic hydroxyl groups is 1. The summed E-state index contributed by atoms with van der Waals surface area (Å²) in [6, 6.07) is 2.00. The highest BCUT2D eigenvalue weighted by Gasteiger charge is 2.21.